The van der Waals surface area contributed by atoms with Gasteiger partial charge in [-0.15, -0.1) is 0 Å². The van der Waals surface area contributed by atoms with E-state index in [4.69, 9.17) is 11.6 Å². The number of halogens is 3. The predicted molar refractivity (Wildman–Crippen MR) is 71.6 cm³/mol. The number of benzene rings is 1. The number of hydrogen-bond acceptors (Lipinski definition) is 4. The summed E-state index contributed by atoms with van der Waals surface area (Å²) < 4.78 is 26.7. The Bertz CT molecular complexity index is 644. The molecule has 1 fully saturated rings. The van der Waals surface area contributed by atoms with Crippen molar-refractivity contribution >= 4 is 17.5 Å². The SMILES string of the molecule is Fc1ccc(-c2nc(Cl)nc(N3CCCC3)n2)c(F)c1. The Hall–Kier alpha value is -1.82. The lowest BCUT2D eigenvalue weighted by atomic mass is 10.2. The summed E-state index contributed by atoms with van der Waals surface area (Å²) in [6.45, 7) is 1.68. The molecule has 0 saturated carbocycles. The minimum atomic E-state index is -0.723. The zero-order valence-corrected chi connectivity index (χ0v) is 11.2. The molecule has 0 aliphatic carbocycles. The molecule has 0 atom stereocenters. The summed E-state index contributed by atoms with van der Waals surface area (Å²) >= 11 is 5.88. The van der Waals surface area contributed by atoms with Crippen molar-refractivity contribution in [2.75, 3.05) is 18.0 Å². The van der Waals surface area contributed by atoms with Gasteiger partial charge in [-0.25, -0.2) is 8.78 Å². The Morgan fingerprint density at radius 2 is 1.80 bits per heavy atom. The topological polar surface area (TPSA) is 41.9 Å². The molecule has 1 aromatic carbocycles. The third-order valence-electron chi connectivity index (χ3n) is 3.16. The van der Waals surface area contributed by atoms with Crippen LogP contribution in [-0.2, 0) is 0 Å². The highest BCUT2D eigenvalue weighted by atomic mass is 35.5. The first kappa shape index (κ1) is 13.2. The third-order valence-corrected chi connectivity index (χ3v) is 3.33. The molecule has 104 valence electrons. The Kier molecular flexibility index (Phi) is 3.48. The van der Waals surface area contributed by atoms with Crippen molar-refractivity contribution in [3.05, 3.63) is 35.1 Å². The van der Waals surface area contributed by atoms with Crippen LogP contribution in [0, 0.1) is 11.6 Å². The molecule has 0 unspecified atom stereocenters. The molecule has 0 N–H and O–H groups in total. The first-order valence-corrected chi connectivity index (χ1v) is 6.63. The van der Waals surface area contributed by atoms with E-state index < -0.39 is 11.6 Å². The van der Waals surface area contributed by atoms with Crippen LogP contribution in [0.3, 0.4) is 0 Å². The van der Waals surface area contributed by atoms with E-state index in [1.54, 1.807) is 0 Å². The average Bonchev–Trinajstić information content (AvgIpc) is 2.91. The monoisotopic (exact) mass is 296 g/mol. The predicted octanol–water partition coefficient (Wildman–Crippen LogP) is 3.07. The van der Waals surface area contributed by atoms with E-state index in [1.807, 2.05) is 4.90 Å². The Labute approximate surface area is 119 Å². The molecular formula is C13H11ClF2N4. The zero-order chi connectivity index (χ0) is 14.1. The largest absolute Gasteiger partial charge is 0.341 e. The maximum atomic E-state index is 13.8. The molecule has 2 aromatic rings. The van der Waals surface area contributed by atoms with Crippen LogP contribution in [0.1, 0.15) is 12.8 Å². The Balaban J connectivity index is 2.04. The van der Waals surface area contributed by atoms with E-state index in [0.717, 1.165) is 38.1 Å². The van der Waals surface area contributed by atoms with E-state index in [2.05, 4.69) is 15.0 Å². The molecule has 1 aromatic heterocycles. The highest BCUT2D eigenvalue weighted by Crippen LogP contribution is 2.24. The first-order valence-electron chi connectivity index (χ1n) is 6.25. The molecule has 7 heteroatoms. The van der Waals surface area contributed by atoms with Crippen molar-refractivity contribution in [1.29, 1.82) is 0 Å². The van der Waals surface area contributed by atoms with Crippen LogP contribution in [-0.4, -0.2) is 28.0 Å². The van der Waals surface area contributed by atoms with E-state index in [1.165, 1.54) is 6.07 Å². The average molecular weight is 297 g/mol. The van der Waals surface area contributed by atoms with Gasteiger partial charge in [0.05, 0.1) is 5.56 Å². The second-order valence-corrected chi connectivity index (χ2v) is 4.88. The van der Waals surface area contributed by atoms with Crippen molar-refractivity contribution in [2.45, 2.75) is 12.8 Å². The van der Waals surface area contributed by atoms with E-state index in [0.29, 0.717) is 5.95 Å². The lowest BCUT2D eigenvalue weighted by molar-refractivity contribution is 0.585. The lowest BCUT2D eigenvalue weighted by Gasteiger charge is -2.15. The lowest BCUT2D eigenvalue weighted by Crippen LogP contribution is -2.21. The van der Waals surface area contributed by atoms with Gasteiger partial charge in [-0.1, -0.05) is 0 Å². The quantitative estimate of drug-likeness (QED) is 0.854. The summed E-state index contributed by atoms with van der Waals surface area (Å²) in [5.74, 6) is -0.823. The van der Waals surface area contributed by atoms with E-state index in [-0.39, 0.29) is 16.7 Å². The van der Waals surface area contributed by atoms with Gasteiger partial charge in [0.15, 0.2) is 5.82 Å². The van der Waals surface area contributed by atoms with Gasteiger partial charge in [0.25, 0.3) is 0 Å². The maximum Gasteiger partial charge on any atom is 0.230 e. The summed E-state index contributed by atoms with van der Waals surface area (Å²) in [6, 6.07) is 3.25. The van der Waals surface area contributed by atoms with Crippen molar-refractivity contribution in [3.8, 4) is 11.4 Å². The first-order chi connectivity index (χ1) is 9.63. The van der Waals surface area contributed by atoms with Crippen molar-refractivity contribution < 1.29 is 8.78 Å². The third kappa shape index (κ3) is 2.56. The molecule has 0 amide bonds. The van der Waals surface area contributed by atoms with Crippen molar-refractivity contribution in [1.82, 2.24) is 15.0 Å². The molecule has 3 rings (SSSR count). The smallest absolute Gasteiger partial charge is 0.230 e. The van der Waals surface area contributed by atoms with E-state index >= 15 is 0 Å². The van der Waals surface area contributed by atoms with Gasteiger partial charge in [-0.3, -0.25) is 0 Å². The van der Waals surface area contributed by atoms with Crippen LogP contribution in [0.15, 0.2) is 18.2 Å². The highest BCUT2D eigenvalue weighted by molar-refractivity contribution is 6.28. The van der Waals surface area contributed by atoms with Crippen LogP contribution < -0.4 is 4.90 Å². The normalized spacial score (nSPS) is 14.8. The number of nitrogens with zero attached hydrogens (tertiary/aromatic N) is 4. The van der Waals surface area contributed by atoms with E-state index in [9.17, 15) is 8.78 Å². The van der Waals surface area contributed by atoms with Gasteiger partial charge < -0.3 is 4.90 Å². The molecular weight excluding hydrogens is 286 g/mol. The zero-order valence-electron chi connectivity index (χ0n) is 10.5. The molecule has 0 bridgehead atoms. The van der Waals surface area contributed by atoms with Crippen LogP contribution in [0.25, 0.3) is 11.4 Å². The Morgan fingerprint density at radius 1 is 1.05 bits per heavy atom. The number of hydrogen-bond donors (Lipinski definition) is 0. The van der Waals surface area contributed by atoms with Crippen LogP contribution in [0.4, 0.5) is 14.7 Å². The fourth-order valence-electron chi connectivity index (χ4n) is 2.19. The summed E-state index contributed by atoms with van der Waals surface area (Å²) in [5.41, 5.74) is 0.108. The molecule has 1 saturated heterocycles. The second kappa shape index (κ2) is 5.28. The van der Waals surface area contributed by atoms with Gasteiger partial charge in [-0.05, 0) is 36.6 Å². The van der Waals surface area contributed by atoms with Gasteiger partial charge in [0, 0.05) is 19.2 Å². The minimum absolute atomic E-state index is 0.000579. The standard InChI is InChI=1S/C13H11ClF2N4/c14-12-17-11(9-4-3-8(15)7-10(9)16)18-13(19-12)20-5-1-2-6-20/h3-4,7H,1-2,5-6H2. The van der Waals surface area contributed by atoms with Gasteiger partial charge in [0.2, 0.25) is 11.2 Å². The summed E-state index contributed by atoms with van der Waals surface area (Å²) in [4.78, 5) is 14.2. The summed E-state index contributed by atoms with van der Waals surface area (Å²) in [5, 5.41) is 0.000579. The molecule has 0 radical (unpaired) electrons. The van der Waals surface area contributed by atoms with Crippen LogP contribution >= 0.6 is 11.6 Å². The highest BCUT2D eigenvalue weighted by Gasteiger charge is 2.18. The molecule has 20 heavy (non-hydrogen) atoms. The van der Waals surface area contributed by atoms with Gasteiger partial charge >= 0.3 is 0 Å². The Morgan fingerprint density at radius 3 is 2.50 bits per heavy atom. The number of anilines is 1. The summed E-state index contributed by atoms with van der Waals surface area (Å²) in [7, 11) is 0. The molecule has 2 heterocycles. The van der Waals surface area contributed by atoms with Gasteiger partial charge in [0.1, 0.15) is 11.6 Å². The second-order valence-electron chi connectivity index (χ2n) is 4.55. The van der Waals surface area contributed by atoms with Crippen LogP contribution in [0.5, 0.6) is 0 Å². The molecule has 1 aliphatic heterocycles. The number of rotatable bonds is 2. The molecule has 0 spiro atoms. The fraction of sp³-hybridized carbons (Fsp3) is 0.308. The minimum Gasteiger partial charge on any atom is -0.341 e. The van der Waals surface area contributed by atoms with Crippen molar-refractivity contribution in [3.63, 3.8) is 0 Å². The van der Waals surface area contributed by atoms with Crippen LogP contribution in [0.2, 0.25) is 5.28 Å². The molecule has 4 nitrogen and oxygen atoms in total. The van der Waals surface area contributed by atoms with Crippen molar-refractivity contribution in [2.24, 2.45) is 0 Å². The number of aromatic nitrogens is 3. The maximum absolute atomic E-state index is 13.8. The van der Waals surface area contributed by atoms with Gasteiger partial charge in [-0.2, -0.15) is 15.0 Å². The fourth-order valence-corrected chi connectivity index (χ4v) is 2.35. The molecule has 1 aliphatic rings. The summed E-state index contributed by atoms with van der Waals surface area (Å²) in [6.07, 6.45) is 2.12.